The first kappa shape index (κ1) is 18.3. The van der Waals surface area contributed by atoms with Crippen molar-refractivity contribution in [3.8, 4) is 0 Å². The fraction of sp³-hybridized carbons (Fsp3) is 0.562. The minimum Gasteiger partial charge on any atom is -0.353 e. The number of fused-ring (bicyclic) bond motifs is 1. The van der Waals surface area contributed by atoms with Crippen LogP contribution in [0.3, 0.4) is 0 Å². The Hall–Kier alpha value is -1.52. The van der Waals surface area contributed by atoms with Gasteiger partial charge in [-0.25, -0.2) is 4.83 Å². The van der Waals surface area contributed by atoms with Crippen molar-refractivity contribution in [2.45, 2.75) is 56.1 Å². The van der Waals surface area contributed by atoms with Crippen LogP contribution in [0.1, 0.15) is 19.4 Å². The van der Waals surface area contributed by atoms with Crippen molar-refractivity contribution in [1.82, 2.24) is 4.83 Å². The normalized spacial score (nSPS) is 31.4. The molecule has 2 aliphatic heterocycles. The first-order valence-electron chi connectivity index (χ1n) is 7.87. The van der Waals surface area contributed by atoms with Gasteiger partial charge in [0.05, 0.1) is 11.1 Å². The lowest BCUT2D eigenvalue weighted by Crippen LogP contribution is -2.31. The van der Waals surface area contributed by atoms with Gasteiger partial charge in [-0.05, 0) is 32.9 Å². The van der Waals surface area contributed by atoms with Gasteiger partial charge in [0.2, 0.25) is 0 Å². The Morgan fingerprint density at radius 1 is 1.20 bits per heavy atom. The van der Waals surface area contributed by atoms with Crippen LogP contribution in [0.5, 0.6) is 0 Å². The molecule has 9 heteroatoms. The van der Waals surface area contributed by atoms with Crippen LogP contribution in [0.15, 0.2) is 34.3 Å². The number of hydrazone groups is 1. The Morgan fingerprint density at radius 3 is 2.48 bits per heavy atom. The third-order valence-corrected chi connectivity index (χ3v) is 5.24. The van der Waals surface area contributed by atoms with Crippen LogP contribution >= 0.6 is 0 Å². The number of methoxy groups -OCH3 is 1. The highest BCUT2D eigenvalue weighted by Gasteiger charge is 2.55. The summed E-state index contributed by atoms with van der Waals surface area (Å²) in [5, 5.41) is 3.82. The third-order valence-electron chi connectivity index (χ3n) is 4.00. The highest BCUT2D eigenvalue weighted by molar-refractivity contribution is 7.89. The largest absolute Gasteiger partial charge is 0.353 e. The van der Waals surface area contributed by atoms with Gasteiger partial charge in [-0.3, -0.25) is 0 Å². The molecule has 0 aliphatic carbocycles. The summed E-state index contributed by atoms with van der Waals surface area (Å²) in [4.78, 5) is 2.32. The Balaban J connectivity index is 1.68. The summed E-state index contributed by atoms with van der Waals surface area (Å²) in [6.45, 7) is 5.48. The molecule has 0 spiro atoms. The number of sulfonamides is 1. The second-order valence-electron chi connectivity index (χ2n) is 6.46. The lowest BCUT2D eigenvalue weighted by atomic mass is 10.1. The number of hydrogen-bond donors (Lipinski definition) is 1. The highest BCUT2D eigenvalue weighted by Crippen LogP contribution is 2.38. The molecule has 1 aromatic rings. The van der Waals surface area contributed by atoms with Gasteiger partial charge >= 0.3 is 0 Å². The van der Waals surface area contributed by atoms with Gasteiger partial charge in [0.1, 0.15) is 18.3 Å². The number of nitrogens with one attached hydrogen (secondary N) is 1. The Bertz CT molecular complexity index is 746. The average molecular weight is 370 g/mol. The fourth-order valence-corrected chi connectivity index (χ4v) is 3.64. The molecule has 8 nitrogen and oxygen atoms in total. The lowest BCUT2D eigenvalue weighted by Gasteiger charge is -2.22. The zero-order chi connectivity index (χ0) is 18.2. The van der Waals surface area contributed by atoms with Crippen LogP contribution in [-0.2, 0) is 29.0 Å². The number of nitrogens with zero attached hydrogens (tertiary/aromatic N) is 1. The van der Waals surface area contributed by atoms with Gasteiger partial charge < -0.3 is 18.9 Å². The Morgan fingerprint density at radius 2 is 1.84 bits per heavy atom. The molecule has 2 fully saturated rings. The van der Waals surface area contributed by atoms with Crippen LogP contribution in [0.25, 0.3) is 0 Å². The predicted octanol–water partition coefficient (Wildman–Crippen LogP) is 1.15. The maximum atomic E-state index is 12.2. The van der Waals surface area contributed by atoms with E-state index in [2.05, 4.69) is 9.93 Å². The highest BCUT2D eigenvalue weighted by atomic mass is 32.2. The SMILES string of the molecule is COC1OC(/C=N/NS(=O)(=O)c2ccc(C)cc2)[C@@H]2OC(C)(C)O[C@H]12. The van der Waals surface area contributed by atoms with Gasteiger partial charge in [-0.2, -0.15) is 13.5 Å². The number of rotatable bonds is 5. The predicted molar refractivity (Wildman–Crippen MR) is 89.5 cm³/mol. The molecule has 2 aliphatic rings. The summed E-state index contributed by atoms with van der Waals surface area (Å²) in [7, 11) is -2.23. The molecule has 25 heavy (non-hydrogen) atoms. The molecule has 138 valence electrons. The van der Waals surface area contributed by atoms with Crippen LogP contribution in [0.2, 0.25) is 0 Å². The molecular formula is C16H22N2O6S. The van der Waals surface area contributed by atoms with Gasteiger partial charge in [0.25, 0.3) is 10.0 Å². The molecular weight excluding hydrogens is 348 g/mol. The molecule has 0 aromatic heterocycles. The van der Waals surface area contributed by atoms with Crippen LogP contribution < -0.4 is 4.83 Å². The first-order chi connectivity index (χ1) is 11.7. The fourth-order valence-electron chi connectivity index (χ4n) is 2.84. The van der Waals surface area contributed by atoms with Crippen LogP contribution in [0.4, 0.5) is 0 Å². The maximum Gasteiger partial charge on any atom is 0.276 e. The molecule has 2 saturated heterocycles. The molecule has 2 heterocycles. The Kier molecular flexibility index (Phi) is 4.86. The van der Waals surface area contributed by atoms with E-state index in [0.29, 0.717) is 0 Å². The molecule has 2 unspecified atom stereocenters. The van der Waals surface area contributed by atoms with E-state index in [-0.39, 0.29) is 4.90 Å². The first-order valence-corrected chi connectivity index (χ1v) is 9.36. The van der Waals surface area contributed by atoms with Gasteiger partial charge in [0, 0.05) is 7.11 Å². The topological polar surface area (TPSA) is 95.5 Å². The van der Waals surface area contributed by atoms with E-state index in [4.69, 9.17) is 18.9 Å². The zero-order valence-electron chi connectivity index (χ0n) is 14.5. The van der Waals surface area contributed by atoms with Crippen molar-refractivity contribution in [3.63, 3.8) is 0 Å². The minimum atomic E-state index is -3.74. The standard InChI is InChI=1S/C16H22N2O6S/c1-10-5-7-11(8-6-10)25(19,20)18-17-9-12-13-14(15(21-4)22-12)24-16(2,3)23-13/h5-9,12-15,18H,1-4H3/b17-9+/t12?,13-,14-,15?/m0/s1. The van der Waals surface area contributed by atoms with E-state index in [1.165, 1.54) is 25.5 Å². The maximum absolute atomic E-state index is 12.2. The number of aryl methyl sites for hydroxylation is 1. The molecule has 0 bridgehead atoms. The number of benzene rings is 1. The molecule has 4 atom stereocenters. The van der Waals surface area contributed by atoms with E-state index >= 15 is 0 Å². The molecule has 0 saturated carbocycles. The quantitative estimate of drug-likeness (QED) is 0.617. The van der Waals surface area contributed by atoms with Gasteiger partial charge in [-0.15, -0.1) is 0 Å². The summed E-state index contributed by atoms with van der Waals surface area (Å²) in [5.41, 5.74) is 0.972. The molecule has 3 rings (SSSR count). The van der Waals surface area contributed by atoms with Crippen molar-refractivity contribution in [1.29, 1.82) is 0 Å². The van der Waals surface area contributed by atoms with E-state index in [1.54, 1.807) is 26.0 Å². The summed E-state index contributed by atoms with van der Waals surface area (Å²) < 4.78 is 46.9. The Labute approximate surface area is 147 Å². The monoisotopic (exact) mass is 370 g/mol. The third kappa shape index (κ3) is 3.85. The number of ether oxygens (including phenoxy) is 4. The second-order valence-corrected chi connectivity index (χ2v) is 8.12. The summed E-state index contributed by atoms with van der Waals surface area (Å²) in [6.07, 6.45) is -0.653. The van der Waals surface area contributed by atoms with Crippen molar-refractivity contribution >= 4 is 16.2 Å². The van der Waals surface area contributed by atoms with E-state index in [0.717, 1.165) is 5.56 Å². The molecule has 1 aromatic carbocycles. The van der Waals surface area contributed by atoms with E-state index < -0.39 is 40.4 Å². The molecule has 1 N–H and O–H groups in total. The average Bonchev–Trinajstić information content (AvgIpc) is 3.01. The zero-order valence-corrected chi connectivity index (χ0v) is 15.3. The van der Waals surface area contributed by atoms with Crippen molar-refractivity contribution in [2.24, 2.45) is 5.10 Å². The summed E-state index contributed by atoms with van der Waals surface area (Å²) in [6, 6.07) is 6.48. The smallest absolute Gasteiger partial charge is 0.276 e. The van der Waals surface area contributed by atoms with Crippen molar-refractivity contribution < 1.29 is 27.4 Å². The lowest BCUT2D eigenvalue weighted by molar-refractivity contribution is -0.218. The van der Waals surface area contributed by atoms with Gasteiger partial charge in [-0.1, -0.05) is 17.7 Å². The van der Waals surface area contributed by atoms with Gasteiger partial charge in [0.15, 0.2) is 12.1 Å². The summed E-state index contributed by atoms with van der Waals surface area (Å²) >= 11 is 0. The van der Waals surface area contributed by atoms with E-state index in [9.17, 15) is 8.42 Å². The van der Waals surface area contributed by atoms with Crippen LogP contribution in [0, 0.1) is 6.92 Å². The van der Waals surface area contributed by atoms with E-state index in [1.807, 2.05) is 6.92 Å². The van der Waals surface area contributed by atoms with Crippen molar-refractivity contribution in [3.05, 3.63) is 29.8 Å². The number of hydrogen-bond acceptors (Lipinski definition) is 7. The molecule has 0 amide bonds. The van der Waals surface area contributed by atoms with Crippen LogP contribution in [-0.4, -0.2) is 52.1 Å². The second kappa shape index (κ2) is 6.65. The minimum absolute atomic E-state index is 0.136. The summed E-state index contributed by atoms with van der Waals surface area (Å²) in [5.74, 6) is -0.761. The molecule has 0 radical (unpaired) electrons. The van der Waals surface area contributed by atoms with Crippen molar-refractivity contribution in [2.75, 3.05) is 7.11 Å².